The fourth-order valence-electron chi connectivity index (χ4n) is 3.84. The second-order valence-corrected chi connectivity index (χ2v) is 7.25. The Morgan fingerprint density at radius 3 is 2.74 bits per heavy atom. The van der Waals surface area contributed by atoms with Gasteiger partial charge in [0, 0.05) is 30.1 Å². The summed E-state index contributed by atoms with van der Waals surface area (Å²) in [4.78, 5) is 12.7. The Balaban J connectivity index is 1.45. The summed E-state index contributed by atoms with van der Waals surface area (Å²) in [7, 11) is 0. The zero-order valence-corrected chi connectivity index (χ0v) is 15.9. The molecule has 0 spiro atoms. The molecule has 1 aliphatic rings. The number of ketones is 1. The average Bonchev–Trinajstić information content (AvgIpc) is 3.30. The predicted molar refractivity (Wildman–Crippen MR) is 107 cm³/mol. The Kier molecular flexibility index (Phi) is 4.99. The SMILES string of the molecule is Cc1cc(C(=O)COc2ccc3ccccc3c2)c(C)n1C[C@H]1CCCO1. The molecule has 0 unspecified atom stereocenters. The molecule has 0 radical (unpaired) electrons. The number of Topliss-reactive ketones (excluding diaryl/α,β-unsaturated/α-hetero) is 1. The largest absolute Gasteiger partial charge is 0.485 e. The van der Waals surface area contributed by atoms with E-state index in [2.05, 4.69) is 10.6 Å². The van der Waals surface area contributed by atoms with E-state index in [1.54, 1.807) is 0 Å². The zero-order valence-electron chi connectivity index (χ0n) is 15.9. The first-order chi connectivity index (χ1) is 13.1. The number of nitrogens with zero attached hydrogens (tertiary/aromatic N) is 1. The number of benzene rings is 2. The number of hydrogen-bond donors (Lipinski definition) is 0. The highest BCUT2D eigenvalue weighted by Gasteiger charge is 2.21. The van der Waals surface area contributed by atoms with Crippen molar-refractivity contribution < 1.29 is 14.3 Å². The number of ether oxygens (including phenoxy) is 2. The Morgan fingerprint density at radius 1 is 1.15 bits per heavy atom. The molecule has 1 fully saturated rings. The molecule has 4 rings (SSSR count). The van der Waals surface area contributed by atoms with E-state index in [9.17, 15) is 4.79 Å². The van der Waals surface area contributed by atoms with Crippen LogP contribution in [0.5, 0.6) is 5.75 Å². The number of carbonyl (C=O) groups is 1. The highest BCUT2D eigenvalue weighted by molar-refractivity contribution is 5.98. The van der Waals surface area contributed by atoms with Crippen molar-refractivity contribution in [2.45, 2.75) is 39.3 Å². The number of fused-ring (bicyclic) bond motifs is 1. The molecule has 1 atom stereocenters. The molecular formula is C23H25NO3. The van der Waals surface area contributed by atoms with Gasteiger partial charge in [0.1, 0.15) is 5.75 Å². The van der Waals surface area contributed by atoms with Crippen molar-refractivity contribution in [1.82, 2.24) is 4.57 Å². The predicted octanol–water partition coefficient (Wildman–Crippen LogP) is 4.70. The summed E-state index contributed by atoms with van der Waals surface area (Å²) in [5, 5.41) is 2.27. The summed E-state index contributed by atoms with van der Waals surface area (Å²) >= 11 is 0. The van der Waals surface area contributed by atoms with Gasteiger partial charge >= 0.3 is 0 Å². The van der Waals surface area contributed by atoms with Crippen LogP contribution >= 0.6 is 0 Å². The van der Waals surface area contributed by atoms with Crippen molar-refractivity contribution in [1.29, 1.82) is 0 Å². The van der Waals surface area contributed by atoms with Gasteiger partial charge in [0.05, 0.1) is 6.10 Å². The summed E-state index contributed by atoms with van der Waals surface area (Å²) in [6.07, 6.45) is 2.47. The van der Waals surface area contributed by atoms with Crippen LogP contribution < -0.4 is 4.74 Å². The van der Waals surface area contributed by atoms with E-state index >= 15 is 0 Å². The van der Waals surface area contributed by atoms with Gasteiger partial charge in [0.2, 0.25) is 5.78 Å². The number of aromatic nitrogens is 1. The van der Waals surface area contributed by atoms with Crippen molar-refractivity contribution in [3.05, 3.63) is 65.5 Å². The lowest BCUT2D eigenvalue weighted by atomic mass is 10.1. The molecule has 1 aliphatic heterocycles. The molecule has 0 saturated carbocycles. The zero-order chi connectivity index (χ0) is 18.8. The lowest BCUT2D eigenvalue weighted by Crippen LogP contribution is -2.18. The van der Waals surface area contributed by atoms with Crippen molar-refractivity contribution in [3.63, 3.8) is 0 Å². The maximum absolute atomic E-state index is 12.7. The van der Waals surface area contributed by atoms with Gasteiger partial charge in [-0.05, 0) is 55.7 Å². The van der Waals surface area contributed by atoms with Gasteiger partial charge in [-0.1, -0.05) is 30.3 Å². The first-order valence-electron chi connectivity index (χ1n) is 9.55. The molecule has 1 saturated heterocycles. The standard InChI is InChI=1S/C23H25NO3/c1-16-12-22(17(2)24(16)14-21-8-5-11-26-21)23(25)15-27-20-10-9-18-6-3-4-7-19(18)13-20/h3-4,6-7,9-10,12-13,21H,5,8,11,14-15H2,1-2H3/t21-/m1/s1. The van der Waals surface area contributed by atoms with E-state index in [-0.39, 0.29) is 18.5 Å². The van der Waals surface area contributed by atoms with E-state index in [0.29, 0.717) is 0 Å². The second kappa shape index (κ2) is 7.57. The van der Waals surface area contributed by atoms with Crippen LogP contribution in [0.15, 0.2) is 48.5 Å². The average molecular weight is 363 g/mol. The van der Waals surface area contributed by atoms with Crippen molar-refractivity contribution >= 4 is 16.6 Å². The van der Waals surface area contributed by atoms with Crippen LogP contribution in [-0.4, -0.2) is 29.7 Å². The fourth-order valence-corrected chi connectivity index (χ4v) is 3.84. The van der Waals surface area contributed by atoms with E-state index in [1.165, 1.54) is 0 Å². The van der Waals surface area contributed by atoms with Gasteiger partial charge in [0.25, 0.3) is 0 Å². The van der Waals surface area contributed by atoms with Gasteiger partial charge in [-0.2, -0.15) is 0 Å². The quantitative estimate of drug-likeness (QED) is 0.596. The summed E-state index contributed by atoms with van der Waals surface area (Å²) in [6.45, 7) is 5.75. The molecule has 27 heavy (non-hydrogen) atoms. The molecule has 140 valence electrons. The smallest absolute Gasteiger partial charge is 0.202 e. The molecule has 4 heteroatoms. The van der Waals surface area contributed by atoms with Gasteiger partial charge in [-0.25, -0.2) is 0 Å². The van der Waals surface area contributed by atoms with Gasteiger partial charge in [-0.3, -0.25) is 4.79 Å². The minimum atomic E-state index is 0.00912. The van der Waals surface area contributed by atoms with E-state index in [1.807, 2.05) is 56.3 Å². The maximum atomic E-state index is 12.7. The van der Waals surface area contributed by atoms with Crippen LogP contribution in [0.2, 0.25) is 0 Å². The van der Waals surface area contributed by atoms with Crippen LogP contribution in [0.1, 0.15) is 34.6 Å². The van der Waals surface area contributed by atoms with E-state index in [0.717, 1.165) is 59.5 Å². The van der Waals surface area contributed by atoms with Gasteiger partial charge < -0.3 is 14.0 Å². The third kappa shape index (κ3) is 3.76. The summed E-state index contributed by atoms with van der Waals surface area (Å²) < 4.78 is 13.7. The Bertz CT molecular complexity index is 967. The monoisotopic (exact) mass is 363 g/mol. The van der Waals surface area contributed by atoms with Crippen LogP contribution in [0.4, 0.5) is 0 Å². The lowest BCUT2D eigenvalue weighted by molar-refractivity contribution is 0.0914. The topological polar surface area (TPSA) is 40.5 Å². The van der Waals surface area contributed by atoms with Crippen molar-refractivity contribution in [2.24, 2.45) is 0 Å². The van der Waals surface area contributed by atoms with E-state index in [4.69, 9.17) is 9.47 Å². The van der Waals surface area contributed by atoms with Crippen molar-refractivity contribution in [2.75, 3.05) is 13.2 Å². The van der Waals surface area contributed by atoms with E-state index < -0.39 is 0 Å². The first-order valence-corrected chi connectivity index (χ1v) is 9.55. The molecule has 2 heterocycles. The molecular weight excluding hydrogens is 338 g/mol. The minimum Gasteiger partial charge on any atom is -0.485 e. The third-order valence-electron chi connectivity index (χ3n) is 5.38. The second-order valence-electron chi connectivity index (χ2n) is 7.25. The molecule has 1 aromatic heterocycles. The summed E-state index contributed by atoms with van der Waals surface area (Å²) in [6, 6.07) is 16.0. The summed E-state index contributed by atoms with van der Waals surface area (Å²) in [5.41, 5.74) is 2.83. The number of hydrogen-bond acceptors (Lipinski definition) is 3. The van der Waals surface area contributed by atoms with Gasteiger partial charge in [-0.15, -0.1) is 0 Å². The lowest BCUT2D eigenvalue weighted by Gasteiger charge is -2.14. The fraction of sp³-hybridized carbons (Fsp3) is 0.348. The van der Waals surface area contributed by atoms with Crippen LogP contribution in [0, 0.1) is 13.8 Å². The Labute approximate surface area is 159 Å². The highest BCUT2D eigenvalue weighted by Crippen LogP contribution is 2.23. The Morgan fingerprint density at radius 2 is 1.96 bits per heavy atom. The van der Waals surface area contributed by atoms with Gasteiger partial charge in [0.15, 0.2) is 6.61 Å². The first kappa shape index (κ1) is 17.8. The van der Waals surface area contributed by atoms with Crippen LogP contribution in [-0.2, 0) is 11.3 Å². The molecule has 4 nitrogen and oxygen atoms in total. The van der Waals surface area contributed by atoms with Crippen LogP contribution in [0.25, 0.3) is 10.8 Å². The Hall–Kier alpha value is -2.59. The molecule has 0 aliphatic carbocycles. The van der Waals surface area contributed by atoms with Crippen LogP contribution in [0.3, 0.4) is 0 Å². The molecule has 0 N–H and O–H groups in total. The molecule has 0 bridgehead atoms. The normalized spacial score (nSPS) is 16.7. The number of aryl methyl sites for hydroxylation is 1. The molecule has 0 amide bonds. The molecule has 3 aromatic rings. The molecule has 2 aromatic carbocycles. The number of rotatable bonds is 6. The van der Waals surface area contributed by atoms with Crippen molar-refractivity contribution in [3.8, 4) is 5.75 Å². The highest BCUT2D eigenvalue weighted by atomic mass is 16.5. The number of carbonyl (C=O) groups excluding carboxylic acids is 1. The third-order valence-corrected chi connectivity index (χ3v) is 5.38. The minimum absolute atomic E-state index is 0.00912. The summed E-state index contributed by atoms with van der Waals surface area (Å²) in [5.74, 6) is 0.727. The maximum Gasteiger partial charge on any atom is 0.202 e.